The molecule has 0 spiro atoms. The standard InChI is InChI=1S/C12H14INO5S/c13-10-3-2-8(6-9(10)11(15)16)20(18,19)14-7-12(17)4-1-5-12/h2-3,6,14,17H,1,4-5,7H2,(H,15,16). The van der Waals surface area contributed by atoms with Crippen molar-refractivity contribution in [2.24, 2.45) is 0 Å². The molecule has 1 aromatic carbocycles. The molecular weight excluding hydrogens is 397 g/mol. The van der Waals surface area contributed by atoms with Crippen molar-refractivity contribution in [1.82, 2.24) is 4.72 Å². The average Bonchev–Trinajstić information content (AvgIpc) is 2.34. The van der Waals surface area contributed by atoms with Crippen LogP contribution in [0.25, 0.3) is 0 Å². The molecule has 0 atom stereocenters. The van der Waals surface area contributed by atoms with E-state index in [1.165, 1.54) is 12.1 Å². The summed E-state index contributed by atoms with van der Waals surface area (Å²) in [5, 5.41) is 18.9. The van der Waals surface area contributed by atoms with Crippen LogP contribution in [0.5, 0.6) is 0 Å². The molecule has 0 radical (unpaired) electrons. The predicted octanol–water partition coefficient (Wildman–Crippen LogP) is 1.18. The molecule has 0 aliphatic heterocycles. The Labute approximate surface area is 130 Å². The van der Waals surface area contributed by atoms with Crippen LogP contribution in [-0.4, -0.2) is 36.7 Å². The summed E-state index contributed by atoms with van der Waals surface area (Å²) >= 11 is 1.83. The largest absolute Gasteiger partial charge is 0.478 e. The van der Waals surface area contributed by atoms with Gasteiger partial charge < -0.3 is 10.2 Å². The van der Waals surface area contributed by atoms with Gasteiger partial charge >= 0.3 is 5.97 Å². The Morgan fingerprint density at radius 3 is 2.55 bits per heavy atom. The number of carboxylic acid groups (broad SMARTS) is 1. The number of rotatable bonds is 5. The Bertz CT molecular complexity index is 639. The molecule has 1 fully saturated rings. The van der Waals surface area contributed by atoms with Crippen molar-refractivity contribution in [3.05, 3.63) is 27.3 Å². The normalized spacial score (nSPS) is 17.5. The minimum absolute atomic E-state index is 0.0519. The second-order valence-corrected chi connectivity index (χ2v) is 7.78. The predicted molar refractivity (Wildman–Crippen MR) is 80.1 cm³/mol. The Kier molecular flexibility index (Phi) is 4.38. The molecule has 3 N–H and O–H groups in total. The zero-order chi connectivity index (χ0) is 15.0. The van der Waals surface area contributed by atoms with Gasteiger partial charge in [-0.05, 0) is 60.1 Å². The third-order valence-electron chi connectivity index (χ3n) is 3.35. The molecule has 0 saturated heterocycles. The lowest BCUT2D eigenvalue weighted by Crippen LogP contribution is -2.47. The number of hydrogen-bond acceptors (Lipinski definition) is 4. The Hall–Kier alpha value is -0.710. The molecule has 0 bridgehead atoms. The van der Waals surface area contributed by atoms with Crippen LogP contribution >= 0.6 is 22.6 Å². The Balaban J connectivity index is 2.21. The van der Waals surface area contributed by atoms with Crippen LogP contribution in [0.1, 0.15) is 29.6 Å². The number of hydrogen-bond donors (Lipinski definition) is 3. The first kappa shape index (κ1) is 15.7. The monoisotopic (exact) mass is 411 g/mol. The molecular formula is C12H14INO5S. The highest BCUT2D eigenvalue weighted by atomic mass is 127. The van der Waals surface area contributed by atoms with Gasteiger partial charge in [0, 0.05) is 10.1 Å². The van der Waals surface area contributed by atoms with E-state index in [1.807, 2.05) is 22.6 Å². The number of halogens is 1. The van der Waals surface area contributed by atoms with Crippen molar-refractivity contribution in [1.29, 1.82) is 0 Å². The zero-order valence-corrected chi connectivity index (χ0v) is 13.4. The summed E-state index contributed by atoms with van der Waals surface area (Å²) in [6.07, 6.45) is 2.02. The minimum atomic E-state index is -3.82. The molecule has 6 nitrogen and oxygen atoms in total. The van der Waals surface area contributed by atoms with E-state index in [0.717, 1.165) is 12.5 Å². The van der Waals surface area contributed by atoms with Crippen LogP contribution in [-0.2, 0) is 10.0 Å². The SMILES string of the molecule is O=C(O)c1cc(S(=O)(=O)NCC2(O)CCC2)ccc1I. The first-order valence-corrected chi connectivity index (χ1v) is 8.55. The van der Waals surface area contributed by atoms with E-state index in [0.29, 0.717) is 16.4 Å². The third-order valence-corrected chi connectivity index (χ3v) is 5.69. The fourth-order valence-corrected chi connectivity index (χ4v) is 3.62. The maximum atomic E-state index is 12.1. The number of carbonyl (C=O) groups is 1. The highest BCUT2D eigenvalue weighted by molar-refractivity contribution is 14.1. The molecule has 0 aromatic heterocycles. The molecule has 0 heterocycles. The smallest absolute Gasteiger partial charge is 0.336 e. The van der Waals surface area contributed by atoms with Crippen molar-refractivity contribution in [3.63, 3.8) is 0 Å². The molecule has 1 aliphatic carbocycles. The fourth-order valence-electron chi connectivity index (χ4n) is 1.91. The lowest BCUT2D eigenvalue weighted by Gasteiger charge is -2.36. The summed E-state index contributed by atoms with van der Waals surface area (Å²) in [5.41, 5.74) is -1.03. The molecule has 1 aliphatic rings. The van der Waals surface area contributed by atoms with Crippen LogP contribution < -0.4 is 4.72 Å². The summed E-state index contributed by atoms with van der Waals surface area (Å²) in [7, 11) is -3.82. The van der Waals surface area contributed by atoms with E-state index >= 15 is 0 Å². The van der Waals surface area contributed by atoms with Gasteiger partial charge in [-0.15, -0.1) is 0 Å². The summed E-state index contributed by atoms with van der Waals surface area (Å²) in [6.45, 7) is -0.0519. The lowest BCUT2D eigenvalue weighted by molar-refractivity contribution is -0.0271. The highest BCUT2D eigenvalue weighted by Crippen LogP contribution is 2.31. The quantitative estimate of drug-likeness (QED) is 0.632. The molecule has 0 unspecified atom stereocenters. The van der Waals surface area contributed by atoms with Gasteiger partial charge in [0.1, 0.15) is 0 Å². The van der Waals surface area contributed by atoms with Gasteiger partial charge in [0.15, 0.2) is 0 Å². The van der Waals surface area contributed by atoms with Crippen LogP contribution in [0.4, 0.5) is 0 Å². The Morgan fingerprint density at radius 2 is 2.05 bits per heavy atom. The van der Waals surface area contributed by atoms with Crippen molar-refractivity contribution in [2.75, 3.05) is 6.54 Å². The molecule has 1 aromatic rings. The number of aromatic carboxylic acids is 1. The van der Waals surface area contributed by atoms with Crippen LogP contribution in [0.2, 0.25) is 0 Å². The van der Waals surface area contributed by atoms with Gasteiger partial charge in [0.2, 0.25) is 10.0 Å². The maximum absolute atomic E-state index is 12.1. The van der Waals surface area contributed by atoms with E-state index < -0.39 is 21.6 Å². The fraction of sp³-hybridized carbons (Fsp3) is 0.417. The maximum Gasteiger partial charge on any atom is 0.336 e. The second kappa shape index (κ2) is 5.58. The third kappa shape index (κ3) is 3.30. The average molecular weight is 411 g/mol. The lowest BCUT2D eigenvalue weighted by atomic mass is 9.81. The van der Waals surface area contributed by atoms with E-state index in [2.05, 4.69) is 4.72 Å². The topological polar surface area (TPSA) is 104 Å². The van der Waals surface area contributed by atoms with E-state index in [9.17, 15) is 18.3 Å². The first-order valence-electron chi connectivity index (χ1n) is 5.98. The zero-order valence-electron chi connectivity index (χ0n) is 10.5. The first-order chi connectivity index (χ1) is 9.23. The molecule has 1 saturated carbocycles. The van der Waals surface area contributed by atoms with Gasteiger partial charge in [0.05, 0.1) is 16.1 Å². The molecule has 2 rings (SSSR count). The van der Waals surface area contributed by atoms with Gasteiger partial charge in [-0.25, -0.2) is 17.9 Å². The summed E-state index contributed by atoms with van der Waals surface area (Å²) in [4.78, 5) is 10.9. The van der Waals surface area contributed by atoms with Crippen molar-refractivity contribution < 1.29 is 23.4 Å². The Morgan fingerprint density at radius 1 is 1.40 bits per heavy atom. The molecule has 8 heteroatoms. The molecule has 110 valence electrons. The summed E-state index contributed by atoms with van der Waals surface area (Å²) < 4.78 is 27.0. The van der Waals surface area contributed by atoms with Gasteiger partial charge in [0.25, 0.3) is 0 Å². The number of carboxylic acids is 1. The van der Waals surface area contributed by atoms with E-state index in [-0.39, 0.29) is 17.0 Å². The van der Waals surface area contributed by atoms with Crippen LogP contribution in [0.15, 0.2) is 23.1 Å². The number of benzene rings is 1. The van der Waals surface area contributed by atoms with Gasteiger partial charge in [-0.2, -0.15) is 0 Å². The van der Waals surface area contributed by atoms with E-state index in [1.54, 1.807) is 0 Å². The van der Waals surface area contributed by atoms with Crippen molar-refractivity contribution in [2.45, 2.75) is 29.8 Å². The number of nitrogens with one attached hydrogen (secondary N) is 1. The molecule has 20 heavy (non-hydrogen) atoms. The van der Waals surface area contributed by atoms with Crippen molar-refractivity contribution >= 4 is 38.6 Å². The second-order valence-electron chi connectivity index (χ2n) is 4.85. The summed E-state index contributed by atoms with van der Waals surface area (Å²) in [5.74, 6) is -1.18. The van der Waals surface area contributed by atoms with Crippen LogP contribution in [0.3, 0.4) is 0 Å². The number of sulfonamides is 1. The molecule has 0 amide bonds. The van der Waals surface area contributed by atoms with E-state index in [4.69, 9.17) is 5.11 Å². The van der Waals surface area contributed by atoms with Gasteiger partial charge in [-0.1, -0.05) is 0 Å². The van der Waals surface area contributed by atoms with Crippen molar-refractivity contribution in [3.8, 4) is 0 Å². The minimum Gasteiger partial charge on any atom is -0.478 e. The highest BCUT2D eigenvalue weighted by Gasteiger charge is 2.35. The van der Waals surface area contributed by atoms with Crippen LogP contribution in [0, 0.1) is 3.57 Å². The van der Waals surface area contributed by atoms with Gasteiger partial charge in [-0.3, -0.25) is 0 Å². The number of aliphatic hydroxyl groups is 1. The summed E-state index contributed by atoms with van der Waals surface area (Å²) in [6, 6.07) is 3.91.